The van der Waals surface area contributed by atoms with Crippen LogP contribution in [0.15, 0.2) is 46.3 Å². The van der Waals surface area contributed by atoms with Crippen molar-refractivity contribution in [1.29, 1.82) is 0 Å². The average Bonchev–Trinajstić information content (AvgIpc) is 2.67. The van der Waals surface area contributed by atoms with Gasteiger partial charge in [0.25, 0.3) is 0 Å². The van der Waals surface area contributed by atoms with Crippen LogP contribution in [0.1, 0.15) is 50.5 Å². The largest absolute Gasteiger partial charge is 0.481 e. The molecule has 3 aliphatic carbocycles. The van der Waals surface area contributed by atoms with E-state index in [9.17, 15) is 13.2 Å². The minimum Gasteiger partial charge on any atom is -0.481 e. The molecular weight excluding hydrogens is 454 g/mol. The third kappa shape index (κ3) is 6.79. The van der Waals surface area contributed by atoms with E-state index in [2.05, 4.69) is 32.8 Å². The minimum atomic E-state index is -3.51. The summed E-state index contributed by atoms with van der Waals surface area (Å²) in [5.74, 6) is 0.472. The number of benzene rings is 1. The fraction of sp³-hybridized carbons (Fsp3) is 0.500. The Labute approximate surface area is 181 Å². The predicted molar refractivity (Wildman–Crippen MR) is 119 cm³/mol. The molecule has 0 saturated heterocycles. The van der Waals surface area contributed by atoms with Crippen molar-refractivity contribution < 1.29 is 18.3 Å². The molecule has 29 heavy (non-hydrogen) atoms. The van der Waals surface area contributed by atoms with Crippen molar-refractivity contribution in [3.8, 4) is 0 Å². The molecule has 0 aromatic heterocycles. The van der Waals surface area contributed by atoms with Crippen LogP contribution in [-0.4, -0.2) is 25.5 Å². The van der Waals surface area contributed by atoms with Crippen LogP contribution in [0.5, 0.6) is 0 Å². The molecule has 0 spiro atoms. The maximum absolute atomic E-state index is 12.6. The number of allylic oxidation sites excluding steroid dienone is 2. The molecule has 2 bridgehead atoms. The van der Waals surface area contributed by atoms with Crippen LogP contribution in [0, 0.1) is 17.8 Å². The Bertz CT molecular complexity index is 863. The van der Waals surface area contributed by atoms with Gasteiger partial charge < -0.3 is 5.11 Å². The van der Waals surface area contributed by atoms with Gasteiger partial charge in [-0.05, 0) is 73.6 Å². The summed E-state index contributed by atoms with van der Waals surface area (Å²) in [6.07, 6.45) is 11.7. The summed E-state index contributed by atoms with van der Waals surface area (Å²) < 4.78 is 29.1. The normalized spacial score (nSPS) is 27.1. The lowest BCUT2D eigenvalue weighted by molar-refractivity contribution is -0.137. The second-order valence-corrected chi connectivity index (χ2v) is 10.6. The molecular formula is C22H28BrNO4S. The van der Waals surface area contributed by atoms with Crippen molar-refractivity contribution in [2.45, 2.75) is 51.0 Å². The zero-order valence-electron chi connectivity index (χ0n) is 16.3. The van der Waals surface area contributed by atoms with E-state index in [0.717, 1.165) is 35.7 Å². The first-order valence-electron chi connectivity index (χ1n) is 10.2. The molecule has 158 valence electrons. The second kappa shape index (κ2) is 10.0. The van der Waals surface area contributed by atoms with E-state index < -0.39 is 16.0 Å². The highest BCUT2D eigenvalue weighted by atomic mass is 79.9. The topological polar surface area (TPSA) is 83.5 Å². The Kier molecular flexibility index (Phi) is 7.71. The average molecular weight is 482 g/mol. The lowest BCUT2D eigenvalue weighted by atomic mass is 9.62. The van der Waals surface area contributed by atoms with Gasteiger partial charge in [0, 0.05) is 22.3 Å². The number of aliphatic carboxylic acids is 1. The molecule has 0 amide bonds. The van der Waals surface area contributed by atoms with Gasteiger partial charge in [-0.2, -0.15) is 0 Å². The predicted octanol–water partition coefficient (Wildman–Crippen LogP) is 4.96. The zero-order chi connectivity index (χ0) is 20.9. The molecule has 5 nitrogen and oxygen atoms in total. The standard InChI is InChI=1S/C22H28BrNO4S/c23-19-9-6-16(7-10-19)12-13-29(27,28)24-21-15-17-8-11-20(21)18(14-17)4-2-1-3-5-22(25)26/h2,4,6-7,9-10,12-13,17-18,20-21,24H,1,3,5,8,11,14-15H2,(H,25,26)/b4-2+,13-12+. The molecule has 7 heteroatoms. The number of carboxylic acid groups (broad SMARTS) is 1. The Hall–Kier alpha value is -1.44. The first kappa shape index (κ1) is 22.2. The molecule has 3 fully saturated rings. The van der Waals surface area contributed by atoms with Crippen LogP contribution in [0.25, 0.3) is 6.08 Å². The van der Waals surface area contributed by atoms with E-state index in [1.54, 1.807) is 6.08 Å². The van der Waals surface area contributed by atoms with Gasteiger partial charge in [0.2, 0.25) is 10.0 Å². The number of hydrogen-bond donors (Lipinski definition) is 2. The van der Waals surface area contributed by atoms with Crippen LogP contribution in [0.2, 0.25) is 0 Å². The number of carboxylic acids is 1. The maximum atomic E-state index is 12.6. The highest BCUT2D eigenvalue weighted by Gasteiger charge is 2.42. The van der Waals surface area contributed by atoms with Gasteiger partial charge in [-0.3, -0.25) is 4.79 Å². The Morgan fingerprint density at radius 2 is 1.97 bits per heavy atom. The van der Waals surface area contributed by atoms with Crippen molar-refractivity contribution in [2.75, 3.05) is 0 Å². The Morgan fingerprint density at radius 1 is 1.21 bits per heavy atom. The van der Waals surface area contributed by atoms with E-state index >= 15 is 0 Å². The number of hydrogen-bond acceptors (Lipinski definition) is 3. The van der Waals surface area contributed by atoms with Crippen LogP contribution < -0.4 is 4.72 Å². The second-order valence-electron chi connectivity index (χ2n) is 8.08. The molecule has 0 radical (unpaired) electrons. The third-order valence-electron chi connectivity index (χ3n) is 5.94. The fourth-order valence-electron chi connectivity index (χ4n) is 4.56. The van der Waals surface area contributed by atoms with Gasteiger partial charge >= 0.3 is 5.97 Å². The van der Waals surface area contributed by atoms with E-state index in [1.165, 1.54) is 11.8 Å². The van der Waals surface area contributed by atoms with Crippen LogP contribution >= 0.6 is 15.9 Å². The molecule has 0 heterocycles. The number of sulfonamides is 1. The van der Waals surface area contributed by atoms with E-state index in [4.69, 9.17) is 5.11 Å². The van der Waals surface area contributed by atoms with Gasteiger partial charge in [0.05, 0.1) is 0 Å². The molecule has 1 aromatic carbocycles. The number of carbonyl (C=O) groups is 1. The smallest absolute Gasteiger partial charge is 0.303 e. The summed E-state index contributed by atoms with van der Waals surface area (Å²) in [5, 5.41) is 9.98. The summed E-state index contributed by atoms with van der Waals surface area (Å²) in [6, 6.07) is 7.46. The van der Waals surface area contributed by atoms with Gasteiger partial charge in [0.15, 0.2) is 0 Å². The molecule has 3 saturated carbocycles. The van der Waals surface area contributed by atoms with Gasteiger partial charge in [-0.1, -0.05) is 46.6 Å². The van der Waals surface area contributed by atoms with Crippen LogP contribution in [0.3, 0.4) is 0 Å². The fourth-order valence-corrected chi connectivity index (χ4v) is 5.93. The molecule has 0 aliphatic heterocycles. The maximum Gasteiger partial charge on any atom is 0.303 e. The lowest BCUT2D eigenvalue weighted by Crippen LogP contribution is -2.49. The molecule has 4 rings (SSSR count). The first-order chi connectivity index (χ1) is 13.8. The third-order valence-corrected chi connectivity index (χ3v) is 7.59. The van der Waals surface area contributed by atoms with Crippen LogP contribution in [-0.2, 0) is 14.8 Å². The highest BCUT2D eigenvalue weighted by Crippen LogP contribution is 2.46. The van der Waals surface area contributed by atoms with E-state index in [0.29, 0.717) is 24.2 Å². The van der Waals surface area contributed by atoms with Crippen molar-refractivity contribution >= 4 is 38.0 Å². The molecule has 3 aliphatic rings. The van der Waals surface area contributed by atoms with Crippen molar-refractivity contribution in [1.82, 2.24) is 4.72 Å². The number of rotatable bonds is 9. The number of fused-ring (bicyclic) bond motifs is 3. The molecule has 1 aromatic rings. The molecule has 2 N–H and O–H groups in total. The van der Waals surface area contributed by atoms with Gasteiger partial charge in [0.1, 0.15) is 0 Å². The van der Waals surface area contributed by atoms with E-state index in [-0.39, 0.29) is 12.5 Å². The monoisotopic (exact) mass is 481 g/mol. The number of halogens is 1. The quantitative estimate of drug-likeness (QED) is 0.385. The minimum absolute atomic E-state index is 0.0317. The Morgan fingerprint density at radius 3 is 2.66 bits per heavy atom. The summed E-state index contributed by atoms with van der Waals surface area (Å²) in [6.45, 7) is 0. The van der Waals surface area contributed by atoms with E-state index in [1.807, 2.05) is 24.3 Å². The van der Waals surface area contributed by atoms with Gasteiger partial charge in [-0.25, -0.2) is 13.1 Å². The highest BCUT2D eigenvalue weighted by molar-refractivity contribution is 9.10. The lowest BCUT2D eigenvalue weighted by Gasteiger charge is -2.46. The first-order valence-corrected chi connectivity index (χ1v) is 12.5. The number of nitrogens with one attached hydrogen (secondary N) is 1. The summed E-state index contributed by atoms with van der Waals surface area (Å²) >= 11 is 3.37. The van der Waals surface area contributed by atoms with Crippen molar-refractivity contribution in [2.24, 2.45) is 17.8 Å². The summed E-state index contributed by atoms with van der Waals surface area (Å²) in [5.41, 5.74) is 0.839. The zero-order valence-corrected chi connectivity index (χ0v) is 18.7. The molecule has 4 unspecified atom stereocenters. The van der Waals surface area contributed by atoms with Crippen molar-refractivity contribution in [3.63, 3.8) is 0 Å². The SMILES string of the molecule is O=C(O)CCC/C=C/C1CC2CCC1C(NS(=O)(=O)/C=C/c1ccc(Br)cc1)C2. The van der Waals surface area contributed by atoms with Crippen LogP contribution in [0.4, 0.5) is 0 Å². The van der Waals surface area contributed by atoms with Gasteiger partial charge in [-0.15, -0.1) is 0 Å². The van der Waals surface area contributed by atoms with Crippen molar-refractivity contribution in [3.05, 3.63) is 51.9 Å². The molecule has 4 atom stereocenters. The summed E-state index contributed by atoms with van der Waals surface area (Å²) in [7, 11) is -3.51. The summed E-state index contributed by atoms with van der Waals surface area (Å²) in [4.78, 5) is 10.6. The Balaban J connectivity index is 1.59. The number of unbranched alkanes of at least 4 members (excludes halogenated alkanes) is 1.